The molecule has 4 nitrogen and oxygen atoms in total. The Morgan fingerprint density at radius 1 is 1.39 bits per heavy atom. The number of ether oxygens (including phenoxy) is 1. The Labute approximate surface area is 146 Å². The molecule has 23 heavy (non-hydrogen) atoms. The molecule has 0 radical (unpaired) electrons. The highest BCUT2D eigenvalue weighted by Crippen LogP contribution is 2.21. The SMILES string of the molecule is CCC(CNC(C)c1ccc(F)c(Br)c1)NC(=O)OC(C)(C)C. The van der Waals surface area contributed by atoms with Gasteiger partial charge in [0.15, 0.2) is 0 Å². The Kier molecular flexibility index (Phi) is 7.48. The zero-order valence-electron chi connectivity index (χ0n) is 14.4. The standard InChI is InChI=1S/C17H26BrFN2O2/c1-6-13(21-16(22)23-17(3,4)5)10-20-11(2)12-7-8-15(19)14(18)9-12/h7-9,11,13,20H,6,10H2,1-5H3,(H,21,22). The molecule has 0 saturated heterocycles. The summed E-state index contributed by atoms with van der Waals surface area (Å²) in [6.07, 6.45) is 0.370. The van der Waals surface area contributed by atoms with Crippen LogP contribution in [0.15, 0.2) is 22.7 Å². The highest BCUT2D eigenvalue weighted by molar-refractivity contribution is 9.10. The van der Waals surface area contributed by atoms with Gasteiger partial charge >= 0.3 is 6.09 Å². The molecule has 2 unspecified atom stereocenters. The average Bonchev–Trinajstić information content (AvgIpc) is 2.44. The maximum atomic E-state index is 13.3. The lowest BCUT2D eigenvalue weighted by atomic mass is 10.1. The van der Waals surface area contributed by atoms with Gasteiger partial charge in [-0.05, 0) is 67.7 Å². The molecule has 1 amide bonds. The van der Waals surface area contributed by atoms with E-state index in [1.807, 2.05) is 34.6 Å². The van der Waals surface area contributed by atoms with Crippen molar-refractivity contribution in [2.75, 3.05) is 6.54 Å². The number of nitrogens with one attached hydrogen (secondary N) is 2. The third-order valence-electron chi connectivity index (χ3n) is 3.33. The summed E-state index contributed by atoms with van der Waals surface area (Å²) in [5.41, 5.74) is 0.467. The molecule has 0 aliphatic heterocycles. The fraction of sp³-hybridized carbons (Fsp3) is 0.588. The lowest BCUT2D eigenvalue weighted by molar-refractivity contribution is 0.0502. The molecule has 0 aromatic heterocycles. The maximum Gasteiger partial charge on any atom is 0.407 e. The third kappa shape index (κ3) is 7.31. The average molecular weight is 389 g/mol. The number of alkyl carbamates (subject to hydrolysis) is 1. The fourth-order valence-electron chi connectivity index (χ4n) is 1.99. The molecular formula is C17H26BrFN2O2. The predicted molar refractivity (Wildman–Crippen MR) is 94.0 cm³/mol. The number of halogens is 2. The maximum absolute atomic E-state index is 13.3. The van der Waals surface area contributed by atoms with Gasteiger partial charge in [-0.2, -0.15) is 0 Å². The van der Waals surface area contributed by atoms with Crippen molar-refractivity contribution in [2.45, 2.75) is 58.7 Å². The van der Waals surface area contributed by atoms with Crippen molar-refractivity contribution in [3.63, 3.8) is 0 Å². The van der Waals surface area contributed by atoms with Crippen LogP contribution in [-0.2, 0) is 4.74 Å². The quantitative estimate of drug-likeness (QED) is 0.751. The first kappa shape index (κ1) is 19.9. The van der Waals surface area contributed by atoms with Crippen molar-refractivity contribution in [1.82, 2.24) is 10.6 Å². The first-order valence-electron chi connectivity index (χ1n) is 7.80. The summed E-state index contributed by atoms with van der Waals surface area (Å²) >= 11 is 3.19. The summed E-state index contributed by atoms with van der Waals surface area (Å²) in [6, 6.07) is 4.96. The summed E-state index contributed by atoms with van der Waals surface area (Å²) in [4.78, 5) is 11.8. The molecular weight excluding hydrogens is 363 g/mol. The Bertz CT molecular complexity index is 532. The van der Waals surface area contributed by atoms with Crippen molar-refractivity contribution < 1.29 is 13.9 Å². The van der Waals surface area contributed by atoms with Crippen molar-refractivity contribution in [3.05, 3.63) is 34.1 Å². The zero-order chi connectivity index (χ0) is 17.6. The van der Waals surface area contributed by atoms with Crippen LogP contribution < -0.4 is 10.6 Å². The van der Waals surface area contributed by atoms with Gasteiger partial charge in [0.2, 0.25) is 0 Å². The zero-order valence-corrected chi connectivity index (χ0v) is 16.0. The highest BCUT2D eigenvalue weighted by Gasteiger charge is 2.19. The van der Waals surface area contributed by atoms with Gasteiger partial charge in [0.25, 0.3) is 0 Å². The van der Waals surface area contributed by atoms with Crippen molar-refractivity contribution in [2.24, 2.45) is 0 Å². The largest absolute Gasteiger partial charge is 0.444 e. The molecule has 2 N–H and O–H groups in total. The van der Waals surface area contributed by atoms with Gasteiger partial charge in [-0.3, -0.25) is 0 Å². The summed E-state index contributed by atoms with van der Waals surface area (Å²) < 4.78 is 19.0. The summed E-state index contributed by atoms with van der Waals surface area (Å²) in [5.74, 6) is -0.279. The van der Waals surface area contributed by atoms with Gasteiger partial charge in [0, 0.05) is 18.6 Å². The van der Waals surface area contributed by atoms with E-state index in [0.717, 1.165) is 12.0 Å². The monoisotopic (exact) mass is 388 g/mol. The molecule has 0 spiro atoms. The Morgan fingerprint density at radius 2 is 2.04 bits per heavy atom. The van der Waals surface area contributed by atoms with Crippen molar-refractivity contribution >= 4 is 22.0 Å². The van der Waals surface area contributed by atoms with E-state index in [2.05, 4.69) is 26.6 Å². The van der Waals surface area contributed by atoms with Gasteiger partial charge < -0.3 is 15.4 Å². The van der Waals surface area contributed by atoms with Crippen LogP contribution in [0.3, 0.4) is 0 Å². The lowest BCUT2D eigenvalue weighted by Crippen LogP contribution is -2.44. The van der Waals surface area contributed by atoms with Gasteiger partial charge in [-0.25, -0.2) is 9.18 Å². The van der Waals surface area contributed by atoms with Gasteiger partial charge in [0.05, 0.1) is 4.47 Å². The van der Waals surface area contributed by atoms with Crippen molar-refractivity contribution in [3.8, 4) is 0 Å². The van der Waals surface area contributed by atoms with Gasteiger partial charge in [0.1, 0.15) is 11.4 Å². The minimum absolute atomic E-state index is 0.0313. The molecule has 2 atom stereocenters. The molecule has 0 saturated carbocycles. The second-order valence-electron chi connectivity index (χ2n) is 6.55. The third-order valence-corrected chi connectivity index (χ3v) is 3.94. The minimum Gasteiger partial charge on any atom is -0.444 e. The number of carbonyl (C=O) groups is 1. The first-order chi connectivity index (χ1) is 10.6. The first-order valence-corrected chi connectivity index (χ1v) is 8.59. The van der Waals surface area contributed by atoms with Gasteiger partial charge in [-0.15, -0.1) is 0 Å². The predicted octanol–water partition coefficient (Wildman–Crippen LogP) is 4.54. The van der Waals surface area contributed by atoms with Crippen LogP contribution in [0.4, 0.5) is 9.18 Å². The molecule has 6 heteroatoms. The molecule has 0 bridgehead atoms. The second kappa shape index (κ2) is 8.64. The van der Waals surface area contributed by atoms with E-state index in [1.165, 1.54) is 6.07 Å². The normalized spacial score (nSPS) is 14.2. The van der Waals surface area contributed by atoms with Crippen LogP contribution in [0.1, 0.15) is 52.6 Å². The van der Waals surface area contributed by atoms with Crippen LogP contribution in [-0.4, -0.2) is 24.3 Å². The fourth-order valence-corrected chi connectivity index (χ4v) is 2.39. The lowest BCUT2D eigenvalue weighted by Gasteiger charge is -2.24. The second-order valence-corrected chi connectivity index (χ2v) is 7.41. The Hall–Kier alpha value is -1.14. The van der Waals surface area contributed by atoms with Crippen molar-refractivity contribution in [1.29, 1.82) is 0 Å². The molecule has 1 rings (SSSR count). The van der Waals surface area contributed by atoms with E-state index in [0.29, 0.717) is 11.0 Å². The van der Waals surface area contributed by atoms with Crippen LogP contribution in [0.5, 0.6) is 0 Å². The van der Waals surface area contributed by atoms with E-state index in [1.54, 1.807) is 12.1 Å². The van der Waals surface area contributed by atoms with Crippen LogP contribution in [0.2, 0.25) is 0 Å². The van der Waals surface area contributed by atoms with Crippen LogP contribution in [0, 0.1) is 5.82 Å². The highest BCUT2D eigenvalue weighted by atomic mass is 79.9. The van der Waals surface area contributed by atoms with E-state index in [9.17, 15) is 9.18 Å². The Morgan fingerprint density at radius 3 is 2.57 bits per heavy atom. The number of hydrogen-bond acceptors (Lipinski definition) is 3. The van der Waals surface area contributed by atoms with E-state index in [-0.39, 0.29) is 17.9 Å². The van der Waals surface area contributed by atoms with Crippen LogP contribution in [0.25, 0.3) is 0 Å². The van der Waals surface area contributed by atoms with Crippen LogP contribution >= 0.6 is 15.9 Å². The summed E-state index contributed by atoms with van der Waals surface area (Å²) in [6.45, 7) is 10.1. The topological polar surface area (TPSA) is 50.4 Å². The number of rotatable bonds is 6. The number of carbonyl (C=O) groups excluding carboxylic acids is 1. The number of benzene rings is 1. The molecule has 0 aliphatic rings. The molecule has 0 aliphatic carbocycles. The summed E-state index contributed by atoms with van der Waals surface area (Å²) in [7, 11) is 0. The summed E-state index contributed by atoms with van der Waals surface area (Å²) in [5, 5.41) is 6.21. The molecule has 1 aromatic carbocycles. The van der Waals surface area contributed by atoms with E-state index >= 15 is 0 Å². The van der Waals surface area contributed by atoms with E-state index in [4.69, 9.17) is 4.74 Å². The number of amides is 1. The minimum atomic E-state index is -0.510. The molecule has 0 fully saturated rings. The van der Waals surface area contributed by atoms with E-state index < -0.39 is 11.7 Å². The van der Waals surface area contributed by atoms with Gasteiger partial charge in [-0.1, -0.05) is 13.0 Å². The molecule has 130 valence electrons. The molecule has 0 heterocycles. The Balaban J connectivity index is 2.53. The smallest absolute Gasteiger partial charge is 0.407 e. The number of hydrogen-bond donors (Lipinski definition) is 2. The molecule has 1 aromatic rings.